The molecule has 0 bridgehead atoms. The molecule has 6 heteroatoms. The Morgan fingerprint density at radius 3 is 2.81 bits per heavy atom. The van der Waals surface area contributed by atoms with Crippen LogP contribution < -0.4 is 0 Å². The van der Waals surface area contributed by atoms with Crippen molar-refractivity contribution in [3.05, 3.63) is 48.0 Å². The van der Waals surface area contributed by atoms with Crippen molar-refractivity contribution in [2.45, 2.75) is 18.9 Å². The molecule has 110 valence electrons. The summed E-state index contributed by atoms with van der Waals surface area (Å²) in [4.78, 5) is 18.2. The molecule has 1 atom stereocenters. The standard InChI is InChI=1S/C15H18N4O2/c20-14(13-3-1-2-6-16-13)11-4-7-19(8-5-11)15(21)12-9-17-18-10-12/h1-3,6,9-11,14,20H,4-5,7-8H2,(H,17,18). The molecule has 0 aromatic carbocycles. The molecule has 2 N–H and O–H groups in total. The summed E-state index contributed by atoms with van der Waals surface area (Å²) in [5, 5.41) is 16.8. The molecule has 1 fully saturated rings. The number of aromatic nitrogens is 3. The number of pyridine rings is 1. The van der Waals surface area contributed by atoms with Crippen LogP contribution in [0.1, 0.15) is 35.0 Å². The van der Waals surface area contributed by atoms with E-state index in [0.29, 0.717) is 24.3 Å². The van der Waals surface area contributed by atoms with Crippen molar-refractivity contribution in [1.82, 2.24) is 20.1 Å². The quantitative estimate of drug-likeness (QED) is 0.893. The van der Waals surface area contributed by atoms with Gasteiger partial charge in [0, 0.05) is 25.5 Å². The molecule has 2 aromatic heterocycles. The Balaban J connectivity index is 1.59. The zero-order valence-corrected chi connectivity index (χ0v) is 11.6. The number of carbonyl (C=O) groups excluding carboxylic acids is 1. The van der Waals surface area contributed by atoms with E-state index in [1.807, 2.05) is 23.1 Å². The lowest BCUT2D eigenvalue weighted by atomic mass is 9.89. The van der Waals surface area contributed by atoms with Crippen molar-refractivity contribution in [2.24, 2.45) is 5.92 Å². The summed E-state index contributed by atoms with van der Waals surface area (Å²) in [6, 6.07) is 5.55. The highest BCUT2D eigenvalue weighted by molar-refractivity contribution is 5.93. The second-order valence-electron chi connectivity index (χ2n) is 5.32. The van der Waals surface area contributed by atoms with Crippen LogP contribution in [0.25, 0.3) is 0 Å². The van der Waals surface area contributed by atoms with E-state index in [1.54, 1.807) is 12.4 Å². The van der Waals surface area contributed by atoms with Crippen LogP contribution in [0.2, 0.25) is 0 Å². The van der Waals surface area contributed by atoms with Gasteiger partial charge in [0.25, 0.3) is 5.91 Å². The van der Waals surface area contributed by atoms with Crippen LogP contribution >= 0.6 is 0 Å². The summed E-state index contributed by atoms with van der Waals surface area (Å²) in [5.74, 6) is 0.142. The van der Waals surface area contributed by atoms with Gasteiger partial charge in [0.05, 0.1) is 23.6 Å². The lowest BCUT2D eigenvalue weighted by molar-refractivity contribution is 0.0447. The maximum Gasteiger partial charge on any atom is 0.257 e. The number of aliphatic hydroxyl groups excluding tert-OH is 1. The molecule has 2 aromatic rings. The number of piperidine rings is 1. The van der Waals surface area contributed by atoms with Crippen molar-refractivity contribution in [3.63, 3.8) is 0 Å². The number of aromatic amines is 1. The topological polar surface area (TPSA) is 82.1 Å². The minimum Gasteiger partial charge on any atom is -0.387 e. The van der Waals surface area contributed by atoms with E-state index < -0.39 is 6.10 Å². The minimum absolute atomic E-state index is 0.00507. The van der Waals surface area contributed by atoms with Gasteiger partial charge in [0.2, 0.25) is 0 Å². The molecular formula is C15H18N4O2. The van der Waals surface area contributed by atoms with Crippen molar-refractivity contribution < 1.29 is 9.90 Å². The maximum absolute atomic E-state index is 12.2. The fourth-order valence-electron chi connectivity index (χ4n) is 2.76. The molecule has 1 aliphatic rings. The normalized spacial score (nSPS) is 17.7. The number of aliphatic hydroxyl groups is 1. The first-order chi connectivity index (χ1) is 10.3. The number of likely N-dealkylation sites (tertiary alicyclic amines) is 1. The highest BCUT2D eigenvalue weighted by Gasteiger charge is 2.29. The van der Waals surface area contributed by atoms with Crippen LogP contribution in [0.5, 0.6) is 0 Å². The second-order valence-corrected chi connectivity index (χ2v) is 5.32. The zero-order valence-electron chi connectivity index (χ0n) is 11.6. The van der Waals surface area contributed by atoms with Gasteiger partial charge in [-0.2, -0.15) is 5.10 Å². The monoisotopic (exact) mass is 286 g/mol. The van der Waals surface area contributed by atoms with Gasteiger partial charge in [-0.1, -0.05) is 6.07 Å². The van der Waals surface area contributed by atoms with E-state index in [1.165, 1.54) is 6.20 Å². The first-order valence-electron chi connectivity index (χ1n) is 7.13. The minimum atomic E-state index is -0.558. The van der Waals surface area contributed by atoms with Crippen LogP contribution in [0.3, 0.4) is 0 Å². The smallest absolute Gasteiger partial charge is 0.257 e. The molecule has 0 radical (unpaired) electrons. The van der Waals surface area contributed by atoms with Crippen molar-refractivity contribution >= 4 is 5.91 Å². The Labute approximate surface area is 122 Å². The molecule has 1 aliphatic heterocycles. The van der Waals surface area contributed by atoms with Crippen molar-refractivity contribution in [2.75, 3.05) is 13.1 Å². The number of amides is 1. The molecular weight excluding hydrogens is 268 g/mol. The van der Waals surface area contributed by atoms with Crippen LogP contribution in [0.4, 0.5) is 0 Å². The van der Waals surface area contributed by atoms with Crippen molar-refractivity contribution in [1.29, 1.82) is 0 Å². The Hall–Kier alpha value is -2.21. The van der Waals surface area contributed by atoms with Crippen LogP contribution in [0.15, 0.2) is 36.8 Å². The summed E-state index contributed by atoms with van der Waals surface area (Å²) in [6.07, 6.45) is 5.84. The van der Waals surface area contributed by atoms with Gasteiger partial charge in [0.1, 0.15) is 0 Å². The van der Waals surface area contributed by atoms with E-state index in [2.05, 4.69) is 15.2 Å². The van der Waals surface area contributed by atoms with Gasteiger partial charge in [-0.25, -0.2) is 0 Å². The Kier molecular flexibility index (Phi) is 3.96. The molecule has 1 amide bonds. The van der Waals surface area contributed by atoms with Gasteiger partial charge in [-0.05, 0) is 30.9 Å². The fraction of sp³-hybridized carbons (Fsp3) is 0.400. The predicted octanol–water partition coefficient (Wildman–Crippen LogP) is 1.39. The fourth-order valence-corrected chi connectivity index (χ4v) is 2.76. The Morgan fingerprint density at radius 2 is 2.19 bits per heavy atom. The molecule has 0 saturated carbocycles. The SMILES string of the molecule is O=C(c1cn[nH]c1)N1CCC(C(O)c2ccccn2)CC1. The Morgan fingerprint density at radius 1 is 1.38 bits per heavy atom. The highest BCUT2D eigenvalue weighted by atomic mass is 16.3. The molecule has 0 aliphatic carbocycles. The van der Waals surface area contributed by atoms with Crippen LogP contribution in [-0.2, 0) is 0 Å². The van der Waals surface area contributed by atoms with Gasteiger partial charge >= 0.3 is 0 Å². The highest BCUT2D eigenvalue weighted by Crippen LogP contribution is 2.30. The van der Waals surface area contributed by atoms with Crippen molar-refractivity contribution in [3.8, 4) is 0 Å². The number of hydrogen-bond acceptors (Lipinski definition) is 4. The third-order valence-electron chi connectivity index (χ3n) is 4.01. The van der Waals surface area contributed by atoms with E-state index in [0.717, 1.165) is 12.8 Å². The number of carbonyl (C=O) groups is 1. The van der Waals surface area contributed by atoms with Crippen LogP contribution in [-0.4, -0.2) is 44.2 Å². The molecule has 0 spiro atoms. The number of nitrogens with one attached hydrogen (secondary N) is 1. The molecule has 6 nitrogen and oxygen atoms in total. The number of hydrogen-bond donors (Lipinski definition) is 2. The lowest BCUT2D eigenvalue weighted by Gasteiger charge is -2.33. The lowest BCUT2D eigenvalue weighted by Crippen LogP contribution is -2.39. The van der Waals surface area contributed by atoms with Gasteiger partial charge in [-0.15, -0.1) is 0 Å². The average Bonchev–Trinajstić information content (AvgIpc) is 3.09. The molecule has 3 rings (SSSR count). The first kappa shape index (κ1) is 13.8. The summed E-state index contributed by atoms with van der Waals surface area (Å²) in [5.41, 5.74) is 1.29. The Bertz CT molecular complexity index is 577. The molecule has 21 heavy (non-hydrogen) atoms. The third kappa shape index (κ3) is 2.95. The zero-order chi connectivity index (χ0) is 14.7. The van der Waals surface area contributed by atoms with Gasteiger partial charge < -0.3 is 10.0 Å². The first-order valence-corrected chi connectivity index (χ1v) is 7.13. The van der Waals surface area contributed by atoms with E-state index >= 15 is 0 Å². The average molecular weight is 286 g/mol. The van der Waals surface area contributed by atoms with Crippen LogP contribution in [0, 0.1) is 5.92 Å². The predicted molar refractivity (Wildman–Crippen MR) is 76.4 cm³/mol. The number of nitrogens with zero attached hydrogens (tertiary/aromatic N) is 3. The van der Waals surface area contributed by atoms with Gasteiger partial charge in [0.15, 0.2) is 0 Å². The van der Waals surface area contributed by atoms with E-state index in [-0.39, 0.29) is 11.8 Å². The molecule has 1 saturated heterocycles. The number of rotatable bonds is 3. The summed E-state index contributed by atoms with van der Waals surface area (Å²) in [6.45, 7) is 1.30. The maximum atomic E-state index is 12.2. The number of H-pyrrole nitrogens is 1. The van der Waals surface area contributed by atoms with E-state index in [9.17, 15) is 9.90 Å². The largest absolute Gasteiger partial charge is 0.387 e. The molecule has 1 unspecified atom stereocenters. The molecule has 3 heterocycles. The second kappa shape index (κ2) is 6.05. The summed E-state index contributed by atoms with van der Waals surface area (Å²) in [7, 11) is 0. The van der Waals surface area contributed by atoms with E-state index in [4.69, 9.17) is 0 Å². The van der Waals surface area contributed by atoms with Gasteiger partial charge in [-0.3, -0.25) is 14.9 Å². The third-order valence-corrected chi connectivity index (χ3v) is 4.01. The summed E-state index contributed by atoms with van der Waals surface area (Å²) < 4.78 is 0. The summed E-state index contributed by atoms with van der Waals surface area (Å²) >= 11 is 0.